The van der Waals surface area contributed by atoms with E-state index in [1.54, 1.807) is 29.9 Å². The summed E-state index contributed by atoms with van der Waals surface area (Å²) in [6.45, 7) is 0.204. The largest absolute Gasteiger partial charge is 0.497 e. The average Bonchev–Trinajstić information content (AvgIpc) is 2.63. The minimum atomic E-state index is -4.21. The molecule has 0 aliphatic heterocycles. The predicted octanol–water partition coefficient (Wildman–Crippen LogP) is 3.96. The van der Waals surface area contributed by atoms with Crippen molar-refractivity contribution in [3.63, 3.8) is 0 Å². The maximum atomic E-state index is 12.1. The quantitative estimate of drug-likeness (QED) is 0.867. The number of nitrogens with zero attached hydrogens (tertiary/aromatic N) is 1. The normalized spacial score (nSPS) is 12.0. The fraction of sp³-hybridized carbons (Fsp3) is 0.364. The Bertz CT molecular complexity index is 633. The van der Waals surface area contributed by atoms with Gasteiger partial charge in [-0.05, 0) is 36.1 Å². The molecule has 0 amide bonds. The van der Waals surface area contributed by atoms with Gasteiger partial charge in [0.25, 0.3) is 0 Å². The first-order chi connectivity index (χ1) is 8.90. The van der Waals surface area contributed by atoms with E-state index in [4.69, 9.17) is 17.0 Å². The Morgan fingerprint density at radius 3 is 2.79 bits per heavy atom. The Kier molecular flexibility index (Phi) is 4.10. The zero-order chi connectivity index (χ0) is 14.0. The standard InChI is InChI=1S/C11H11F3N2OS2/c1-17-7-2-3-9-8(6-7)15-10(18)16(9)4-5-19-11(12,13)14/h2-3,6H,4-5H2,1H3,(H,15,18). The maximum Gasteiger partial charge on any atom is 0.441 e. The third kappa shape index (κ3) is 3.44. The van der Waals surface area contributed by atoms with Crippen molar-refractivity contribution in [2.45, 2.75) is 12.1 Å². The summed E-state index contributed by atoms with van der Waals surface area (Å²) in [7, 11) is 1.55. The van der Waals surface area contributed by atoms with Gasteiger partial charge in [-0.1, -0.05) is 0 Å². The molecule has 3 nitrogen and oxygen atoms in total. The number of hydrogen-bond donors (Lipinski definition) is 1. The van der Waals surface area contributed by atoms with E-state index in [-0.39, 0.29) is 24.1 Å². The van der Waals surface area contributed by atoms with Gasteiger partial charge in [-0.15, -0.1) is 0 Å². The number of imidazole rings is 1. The van der Waals surface area contributed by atoms with Gasteiger partial charge in [0, 0.05) is 18.4 Å². The van der Waals surface area contributed by atoms with Crippen LogP contribution in [-0.2, 0) is 6.54 Å². The number of rotatable bonds is 4. The van der Waals surface area contributed by atoms with Gasteiger partial charge in [0.1, 0.15) is 5.75 Å². The van der Waals surface area contributed by atoms with Crippen LogP contribution in [0.4, 0.5) is 13.2 Å². The van der Waals surface area contributed by atoms with Crippen molar-refractivity contribution in [2.24, 2.45) is 0 Å². The highest BCUT2D eigenvalue weighted by molar-refractivity contribution is 8.00. The number of nitrogens with one attached hydrogen (secondary N) is 1. The van der Waals surface area contributed by atoms with Gasteiger partial charge in [-0.2, -0.15) is 13.2 Å². The molecule has 0 unspecified atom stereocenters. The number of ether oxygens (including phenoxy) is 1. The summed E-state index contributed by atoms with van der Waals surface area (Å²) in [6, 6.07) is 5.29. The Hall–Kier alpha value is -1.15. The van der Waals surface area contributed by atoms with Gasteiger partial charge < -0.3 is 14.3 Å². The van der Waals surface area contributed by atoms with Crippen LogP contribution in [0.15, 0.2) is 18.2 Å². The Morgan fingerprint density at radius 1 is 1.42 bits per heavy atom. The molecule has 2 rings (SSSR count). The number of aromatic amines is 1. The van der Waals surface area contributed by atoms with Gasteiger partial charge in [-0.3, -0.25) is 0 Å². The number of thioether (sulfide) groups is 1. The lowest BCUT2D eigenvalue weighted by atomic mass is 10.3. The number of fused-ring (bicyclic) bond motifs is 1. The molecular formula is C11H11F3N2OS2. The number of hydrogen-bond acceptors (Lipinski definition) is 3. The van der Waals surface area contributed by atoms with Crippen LogP contribution >= 0.6 is 24.0 Å². The highest BCUT2D eigenvalue weighted by Crippen LogP contribution is 2.30. The van der Waals surface area contributed by atoms with E-state index in [9.17, 15) is 13.2 Å². The number of H-pyrrole nitrogens is 1. The number of methoxy groups -OCH3 is 1. The lowest BCUT2D eigenvalue weighted by Gasteiger charge is -2.07. The molecule has 0 spiro atoms. The van der Waals surface area contributed by atoms with E-state index in [0.717, 1.165) is 11.0 Å². The van der Waals surface area contributed by atoms with Crippen LogP contribution in [0.25, 0.3) is 11.0 Å². The van der Waals surface area contributed by atoms with Crippen LogP contribution in [-0.4, -0.2) is 27.9 Å². The summed E-state index contributed by atoms with van der Waals surface area (Å²) in [4.78, 5) is 2.96. The Morgan fingerprint density at radius 2 is 2.16 bits per heavy atom. The molecule has 8 heteroatoms. The molecule has 1 aromatic carbocycles. The molecular weight excluding hydrogens is 297 g/mol. The number of benzene rings is 1. The van der Waals surface area contributed by atoms with E-state index in [1.807, 2.05) is 0 Å². The van der Waals surface area contributed by atoms with Crippen LogP contribution in [0.5, 0.6) is 5.75 Å². The molecule has 1 heterocycles. The molecule has 0 atom stereocenters. The van der Waals surface area contributed by atoms with Crippen molar-refractivity contribution in [1.82, 2.24) is 9.55 Å². The topological polar surface area (TPSA) is 29.9 Å². The lowest BCUT2D eigenvalue weighted by Crippen LogP contribution is -2.06. The molecule has 0 bridgehead atoms. The van der Waals surface area contributed by atoms with Crippen molar-refractivity contribution in [3.8, 4) is 5.75 Å². The average molecular weight is 308 g/mol. The van der Waals surface area contributed by atoms with Gasteiger partial charge in [0.05, 0.1) is 18.1 Å². The third-order valence-electron chi connectivity index (χ3n) is 2.56. The van der Waals surface area contributed by atoms with Crippen molar-refractivity contribution < 1.29 is 17.9 Å². The van der Waals surface area contributed by atoms with E-state index >= 15 is 0 Å². The summed E-state index contributed by atoms with van der Waals surface area (Å²) in [5.41, 5.74) is -2.69. The minimum absolute atomic E-state index is 0.0490. The maximum absolute atomic E-state index is 12.1. The second-order valence-electron chi connectivity index (χ2n) is 3.76. The zero-order valence-corrected chi connectivity index (χ0v) is 11.6. The second-order valence-corrected chi connectivity index (χ2v) is 5.31. The summed E-state index contributed by atoms with van der Waals surface area (Å²) in [6.07, 6.45) is 0. The van der Waals surface area contributed by atoms with Gasteiger partial charge in [0.15, 0.2) is 4.77 Å². The second kappa shape index (κ2) is 5.46. The smallest absolute Gasteiger partial charge is 0.441 e. The number of aromatic nitrogens is 2. The highest BCUT2D eigenvalue weighted by Gasteiger charge is 2.27. The highest BCUT2D eigenvalue weighted by atomic mass is 32.2. The fourth-order valence-corrected chi connectivity index (χ4v) is 2.55. The van der Waals surface area contributed by atoms with Gasteiger partial charge in [0.2, 0.25) is 0 Å². The van der Waals surface area contributed by atoms with Crippen LogP contribution in [0.1, 0.15) is 0 Å². The molecule has 0 radical (unpaired) electrons. The molecule has 104 valence electrons. The minimum Gasteiger partial charge on any atom is -0.497 e. The molecule has 1 aromatic heterocycles. The van der Waals surface area contributed by atoms with Crippen molar-refractivity contribution in [1.29, 1.82) is 0 Å². The first-order valence-electron chi connectivity index (χ1n) is 5.38. The first kappa shape index (κ1) is 14.3. The molecule has 1 N–H and O–H groups in total. The van der Waals surface area contributed by atoms with Crippen LogP contribution < -0.4 is 4.74 Å². The summed E-state index contributed by atoms with van der Waals surface area (Å²) in [5.74, 6) is 0.595. The molecule has 0 aliphatic rings. The summed E-state index contributed by atoms with van der Waals surface area (Å²) >= 11 is 5.07. The number of halogens is 3. The fourth-order valence-electron chi connectivity index (χ4n) is 1.74. The molecule has 0 saturated heterocycles. The molecule has 2 aromatic rings. The first-order valence-corrected chi connectivity index (χ1v) is 6.77. The van der Waals surface area contributed by atoms with Crippen LogP contribution in [0.2, 0.25) is 0 Å². The zero-order valence-electron chi connectivity index (χ0n) is 9.95. The Labute approximate surface area is 116 Å². The van der Waals surface area contributed by atoms with Crippen molar-refractivity contribution in [3.05, 3.63) is 23.0 Å². The predicted molar refractivity (Wildman–Crippen MR) is 72.2 cm³/mol. The van der Waals surface area contributed by atoms with E-state index < -0.39 is 5.51 Å². The van der Waals surface area contributed by atoms with Crippen molar-refractivity contribution in [2.75, 3.05) is 12.9 Å². The molecule has 19 heavy (non-hydrogen) atoms. The Balaban J connectivity index is 2.23. The van der Waals surface area contributed by atoms with E-state index in [2.05, 4.69) is 4.98 Å². The summed E-state index contributed by atoms with van der Waals surface area (Å²) < 4.78 is 43.4. The number of aryl methyl sites for hydroxylation is 1. The molecule has 0 fully saturated rings. The van der Waals surface area contributed by atoms with Crippen molar-refractivity contribution >= 4 is 35.0 Å². The third-order valence-corrected chi connectivity index (χ3v) is 3.60. The van der Waals surface area contributed by atoms with Crippen LogP contribution in [0, 0.1) is 4.77 Å². The van der Waals surface area contributed by atoms with E-state index in [1.165, 1.54) is 0 Å². The lowest BCUT2D eigenvalue weighted by molar-refractivity contribution is -0.0328. The molecule has 0 aliphatic carbocycles. The monoisotopic (exact) mass is 308 g/mol. The van der Waals surface area contributed by atoms with Gasteiger partial charge >= 0.3 is 5.51 Å². The SMILES string of the molecule is COc1ccc2c(c1)[nH]c(=S)n2CCSC(F)(F)F. The van der Waals surface area contributed by atoms with Crippen LogP contribution in [0.3, 0.4) is 0 Å². The van der Waals surface area contributed by atoms with E-state index in [0.29, 0.717) is 10.5 Å². The van der Waals surface area contributed by atoms with Gasteiger partial charge in [-0.25, -0.2) is 0 Å². The molecule has 0 saturated carbocycles. The number of alkyl halides is 3. The summed E-state index contributed by atoms with van der Waals surface area (Å²) in [5, 5.41) is 0.